The summed E-state index contributed by atoms with van der Waals surface area (Å²) in [4.78, 5) is 10.8. The molecule has 1 aromatic carbocycles. The summed E-state index contributed by atoms with van der Waals surface area (Å²) in [6, 6.07) is 5.67. The molecule has 0 fully saturated rings. The first-order chi connectivity index (χ1) is 6.77. The molecule has 72 valence electrons. The van der Waals surface area contributed by atoms with E-state index >= 15 is 0 Å². The molecule has 2 aromatic rings. The molecule has 0 aliphatic carbocycles. The highest BCUT2D eigenvalue weighted by molar-refractivity contribution is 6.36. The lowest BCUT2D eigenvalue weighted by molar-refractivity contribution is 0.112. The number of aryl methyl sites for hydroxylation is 1. The number of aromatic nitrogens is 1. The lowest BCUT2D eigenvalue weighted by atomic mass is 10.2. The van der Waals surface area contributed by atoms with Crippen LogP contribution in [0.4, 0.5) is 0 Å². The third-order valence-electron chi connectivity index (χ3n) is 2.35. The number of aldehydes is 1. The Morgan fingerprint density at radius 2 is 2.29 bits per heavy atom. The van der Waals surface area contributed by atoms with Crippen LogP contribution in [0, 0.1) is 0 Å². The smallest absolute Gasteiger partial charge is 0.152 e. The van der Waals surface area contributed by atoms with Crippen LogP contribution in [0.3, 0.4) is 0 Å². The van der Waals surface area contributed by atoms with Gasteiger partial charge in [-0.3, -0.25) is 4.79 Å². The van der Waals surface area contributed by atoms with E-state index in [2.05, 4.69) is 0 Å². The molecule has 1 heterocycles. The van der Waals surface area contributed by atoms with Gasteiger partial charge in [-0.2, -0.15) is 0 Å². The van der Waals surface area contributed by atoms with Crippen LogP contribution in [0.25, 0.3) is 10.9 Å². The number of rotatable bonds is 2. The van der Waals surface area contributed by atoms with Crippen LogP contribution in [0.2, 0.25) is 5.02 Å². The third kappa shape index (κ3) is 1.23. The number of nitrogens with zero attached hydrogens (tertiary/aromatic N) is 1. The quantitative estimate of drug-likeness (QED) is 0.694. The number of carbonyl (C=O) groups is 1. The predicted molar refractivity (Wildman–Crippen MR) is 58.0 cm³/mol. The normalized spacial score (nSPS) is 10.7. The highest BCUT2D eigenvalue weighted by atomic mass is 35.5. The predicted octanol–water partition coefficient (Wildman–Crippen LogP) is 3.13. The van der Waals surface area contributed by atoms with Gasteiger partial charge in [0.25, 0.3) is 0 Å². The average molecular weight is 208 g/mol. The Hall–Kier alpha value is -1.28. The molecule has 3 heteroatoms. The average Bonchev–Trinajstić information content (AvgIpc) is 2.57. The highest BCUT2D eigenvalue weighted by Gasteiger charge is 2.09. The Bertz CT molecular complexity index is 487. The molecule has 0 unspecified atom stereocenters. The second kappa shape index (κ2) is 3.46. The summed E-state index contributed by atoms with van der Waals surface area (Å²) in [5.74, 6) is 0. The van der Waals surface area contributed by atoms with Crippen molar-refractivity contribution in [3.05, 3.63) is 35.0 Å². The second-order valence-corrected chi connectivity index (χ2v) is 3.53. The maximum atomic E-state index is 10.8. The van der Waals surface area contributed by atoms with Crippen molar-refractivity contribution in [1.82, 2.24) is 4.57 Å². The van der Waals surface area contributed by atoms with Crippen LogP contribution in [0.5, 0.6) is 0 Å². The summed E-state index contributed by atoms with van der Waals surface area (Å²) >= 11 is 6.04. The minimum absolute atomic E-state index is 0.636. The topological polar surface area (TPSA) is 22.0 Å². The lowest BCUT2D eigenvalue weighted by Crippen LogP contribution is -1.89. The number of fused-ring (bicyclic) bond motifs is 1. The third-order valence-corrected chi connectivity index (χ3v) is 2.67. The molecule has 1 aromatic heterocycles. The van der Waals surface area contributed by atoms with Crippen LogP contribution in [0.15, 0.2) is 24.4 Å². The first kappa shape index (κ1) is 9.28. The van der Waals surface area contributed by atoms with Crippen molar-refractivity contribution in [2.24, 2.45) is 0 Å². The van der Waals surface area contributed by atoms with Crippen LogP contribution in [0.1, 0.15) is 17.3 Å². The Morgan fingerprint density at radius 1 is 1.50 bits per heavy atom. The van der Waals surface area contributed by atoms with Crippen LogP contribution in [-0.2, 0) is 6.54 Å². The van der Waals surface area contributed by atoms with E-state index in [1.165, 1.54) is 0 Å². The Labute approximate surface area is 87.1 Å². The van der Waals surface area contributed by atoms with Gasteiger partial charge in [0.15, 0.2) is 6.29 Å². The van der Waals surface area contributed by atoms with Crippen LogP contribution in [-0.4, -0.2) is 10.9 Å². The molecule has 0 aliphatic heterocycles. The van der Waals surface area contributed by atoms with E-state index in [4.69, 9.17) is 11.6 Å². The van der Waals surface area contributed by atoms with Crippen molar-refractivity contribution in [3.63, 3.8) is 0 Å². The van der Waals surface area contributed by atoms with E-state index < -0.39 is 0 Å². The van der Waals surface area contributed by atoms with Gasteiger partial charge in [-0.25, -0.2) is 0 Å². The molecular formula is C11H10ClNO. The van der Waals surface area contributed by atoms with Crippen molar-refractivity contribution in [3.8, 4) is 0 Å². The maximum Gasteiger partial charge on any atom is 0.152 e. The van der Waals surface area contributed by atoms with Gasteiger partial charge in [0.1, 0.15) is 0 Å². The molecule has 14 heavy (non-hydrogen) atoms. The van der Waals surface area contributed by atoms with Crippen molar-refractivity contribution in [2.45, 2.75) is 13.5 Å². The lowest BCUT2D eigenvalue weighted by Gasteiger charge is -1.99. The molecule has 0 aliphatic rings. The largest absolute Gasteiger partial charge is 0.347 e. The van der Waals surface area contributed by atoms with Gasteiger partial charge < -0.3 is 4.57 Å². The van der Waals surface area contributed by atoms with Gasteiger partial charge >= 0.3 is 0 Å². The molecule has 2 rings (SSSR count). The minimum atomic E-state index is 0.636. The van der Waals surface area contributed by atoms with Crippen LogP contribution < -0.4 is 0 Å². The fraction of sp³-hybridized carbons (Fsp3) is 0.182. The monoisotopic (exact) mass is 207 g/mol. The summed E-state index contributed by atoms with van der Waals surface area (Å²) in [6.07, 6.45) is 2.68. The number of benzene rings is 1. The summed E-state index contributed by atoms with van der Waals surface area (Å²) in [5.41, 5.74) is 1.68. The van der Waals surface area contributed by atoms with E-state index in [1.54, 1.807) is 6.07 Å². The Morgan fingerprint density at radius 3 is 2.93 bits per heavy atom. The Balaban J connectivity index is 2.89. The fourth-order valence-corrected chi connectivity index (χ4v) is 1.97. The molecule has 0 spiro atoms. The van der Waals surface area contributed by atoms with Crippen molar-refractivity contribution in [2.75, 3.05) is 0 Å². The SMILES string of the molecule is CCn1cc(C=O)c2c(Cl)cccc21. The maximum absolute atomic E-state index is 10.8. The molecule has 0 bridgehead atoms. The summed E-state index contributed by atoms with van der Waals surface area (Å²) in [7, 11) is 0. The van der Waals surface area contributed by atoms with Gasteiger partial charge in [-0.15, -0.1) is 0 Å². The zero-order valence-electron chi connectivity index (χ0n) is 7.83. The molecule has 0 N–H and O–H groups in total. The summed E-state index contributed by atoms with van der Waals surface area (Å²) in [6.45, 7) is 2.87. The van der Waals surface area contributed by atoms with Crippen molar-refractivity contribution >= 4 is 28.8 Å². The standard InChI is InChI=1S/C11H10ClNO/c1-2-13-6-8(7-14)11-9(12)4-3-5-10(11)13/h3-7H,2H2,1H3. The second-order valence-electron chi connectivity index (χ2n) is 3.12. The van der Waals surface area contributed by atoms with Crippen molar-refractivity contribution < 1.29 is 4.79 Å². The zero-order valence-corrected chi connectivity index (χ0v) is 8.58. The highest BCUT2D eigenvalue weighted by Crippen LogP contribution is 2.27. The Kier molecular flexibility index (Phi) is 2.30. The molecule has 0 saturated heterocycles. The van der Waals surface area contributed by atoms with Gasteiger partial charge in [0.2, 0.25) is 0 Å². The van der Waals surface area contributed by atoms with Gasteiger partial charge in [0, 0.05) is 23.7 Å². The van der Waals surface area contributed by atoms with Gasteiger partial charge in [-0.05, 0) is 19.1 Å². The van der Waals surface area contributed by atoms with Crippen LogP contribution >= 0.6 is 11.6 Å². The number of halogens is 1. The number of carbonyl (C=O) groups excluding carboxylic acids is 1. The molecular weight excluding hydrogens is 198 g/mol. The number of hydrogen-bond acceptors (Lipinski definition) is 1. The van der Waals surface area contributed by atoms with E-state index in [0.29, 0.717) is 10.6 Å². The molecule has 2 nitrogen and oxygen atoms in total. The van der Waals surface area contributed by atoms with Crippen molar-refractivity contribution in [1.29, 1.82) is 0 Å². The van der Waals surface area contributed by atoms with Gasteiger partial charge in [-0.1, -0.05) is 17.7 Å². The molecule has 0 amide bonds. The fourth-order valence-electron chi connectivity index (χ4n) is 1.69. The van der Waals surface area contributed by atoms with E-state index in [-0.39, 0.29) is 0 Å². The summed E-state index contributed by atoms with van der Waals surface area (Å²) in [5, 5.41) is 1.49. The minimum Gasteiger partial charge on any atom is -0.347 e. The van der Waals surface area contributed by atoms with E-state index in [9.17, 15) is 4.79 Å². The van der Waals surface area contributed by atoms with E-state index in [1.807, 2.05) is 29.8 Å². The molecule has 0 saturated carbocycles. The number of hydrogen-bond donors (Lipinski definition) is 0. The molecule has 0 radical (unpaired) electrons. The van der Waals surface area contributed by atoms with Gasteiger partial charge in [0.05, 0.1) is 10.5 Å². The zero-order chi connectivity index (χ0) is 10.1. The first-order valence-corrected chi connectivity index (χ1v) is 4.88. The molecule has 0 atom stereocenters. The van der Waals surface area contributed by atoms with E-state index in [0.717, 1.165) is 23.7 Å². The summed E-state index contributed by atoms with van der Waals surface area (Å²) < 4.78 is 2.02. The first-order valence-electron chi connectivity index (χ1n) is 4.50.